The van der Waals surface area contributed by atoms with Gasteiger partial charge < -0.3 is 20.5 Å². The van der Waals surface area contributed by atoms with Crippen molar-refractivity contribution in [3.8, 4) is 5.75 Å². The highest BCUT2D eigenvalue weighted by atomic mass is 16.5. The van der Waals surface area contributed by atoms with E-state index in [1.165, 1.54) is 14.0 Å². The number of nitrogens with one attached hydrogen (secondary N) is 2. The van der Waals surface area contributed by atoms with E-state index in [0.717, 1.165) is 0 Å². The summed E-state index contributed by atoms with van der Waals surface area (Å²) in [6.07, 6.45) is 0. The molecule has 1 rings (SSSR count). The van der Waals surface area contributed by atoms with Gasteiger partial charge in [0.15, 0.2) is 0 Å². The van der Waals surface area contributed by atoms with Crippen LogP contribution in [0, 0.1) is 0 Å². The topological polar surface area (TPSA) is 70.6 Å². The second kappa shape index (κ2) is 5.84. The number of amides is 1. The van der Waals surface area contributed by atoms with Crippen LogP contribution in [0.3, 0.4) is 0 Å². The van der Waals surface area contributed by atoms with Crippen LogP contribution in [0.4, 0.5) is 5.69 Å². The number of hydrogen-bond donors (Lipinski definition) is 3. The smallest absolute Gasteiger partial charge is 0.221 e. The molecule has 18 heavy (non-hydrogen) atoms. The van der Waals surface area contributed by atoms with Gasteiger partial charge in [0.25, 0.3) is 0 Å². The van der Waals surface area contributed by atoms with E-state index < -0.39 is 5.60 Å². The molecule has 1 aromatic rings. The zero-order chi connectivity index (χ0) is 13.8. The monoisotopic (exact) mass is 252 g/mol. The third kappa shape index (κ3) is 3.45. The predicted octanol–water partition coefficient (Wildman–Crippen LogP) is 1.08. The Hall–Kier alpha value is -1.59. The number of likely N-dealkylation sites (N-methyl/N-ethyl adjacent to an activating group) is 1. The normalized spacial score (nSPS) is 13.8. The Morgan fingerprint density at radius 1 is 1.50 bits per heavy atom. The fourth-order valence-corrected chi connectivity index (χ4v) is 1.78. The van der Waals surface area contributed by atoms with Gasteiger partial charge in [-0.15, -0.1) is 0 Å². The standard InChI is InChI=1S/C13H20N2O3/c1-9(16)15-11-7-10(5-6-12(11)18-4)13(2,17)8-14-3/h5-7,14,17H,8H2,1-4H3,(H,15,16). The maximum absolute atomic E-state index is 11.1. The molecular formula is C13H20N2O3. The Balaban J connectivity index is 3.13. The molecule has 1 aromatic carbocycles. The molecule has 1 atom stereocenters. The largest absolute Gasteiger partial charge is 0.495 e. The first-order valence-corrected chi connectivity index (χ1v) is 5.74. The second-order valence-electron chi connectivity index (χ2n) is 4.40. The van der Waals surface area contributed by atoms with E-state index in [-0.39, 0.29) is 5.91 Å². The van der Waals surface area contributed by atoms with Crippen molar-refractivity contribution < 1.29 is 14.6 Å². The van der Waals surface area contributed by atoms with Gasteiger partial charge in [0, 0.05) is 13.5 Å². The zero-order valence-corrected chi connectivity index (χ0v) is 11.2. The summed E-state index contributed by atoms with van der Waals surface area (Å²) < 4.78 is 5.16. The number of benzene rings is 1. The molecule has 0 bridgehead atoms. The van der Waals surface area contributed by atoms with Crippen molar-refractivity contribution in [1.82, 2.24) is 5.32 Å². The number of rotatable bonds is 5. The van der Waals surface area contributed by atoms with Crippen LogP contribution < -0.4 is 15.4 Å². The first-order valence-electron chi connectivity index (χ1n) is 5.74. The summed E-state index contributed by atoms with van der Waals surface area (Å²) in [7, 11) is 3.30. The van der Waals surface area contributed by atoms with E-state index in [0.29, 0.717) is 23.5 Å². The number of methoxy groups -OCH3 is 1. The molecule has 0 heterocycles. The summed E-state index contributed by atoms with van der Waals surface area (Å²) in [5.41, 5.74) is 0.258. The molecule has 0 aromatic heterocycles. The Morgan fingerprint density at radius 2 is 2.17 bits per heavy atom. The Labute approximate surface area is 107 Å². The third-order valence-electron chi connectivity index (χ3n) is 2.65. The minimum Gasteiger partial charge on any atom is -0.495 e. The number of carbonyl (C=O) groups excluding carboxylic acids is 1. The van der Waals surface area contributed by atoms with Gasteiger partial charge in [-0.1, -0.05) is 6.07 Å². The molecule has 0 saturated carbocycles. The summed E-state index contributed by atoms with van der Waals surface area (Å²) in [5, 5.41) is 15.9. The maximum atomic E-state index is 11.1. The summed E-state index contributed by atoms with van der Waals surface area (Å²) in [4.78, 5) is 11.1. The predicted molar refractivity (Wildman–Crippen MR) is 70.8 cm³/mol. The van der Waals surface area contributed by atoms with E-state index in [1.807, 2.05) is 0 Å². The summed E-state index contributed by atoms with van der Waals surface area (Å²) in [6.45, 7) is 3.56. The van der Waals surface area contributed by atoms with Crippen molar-refractivity contribution in [2.75, 3.05) is 26.0 Å². The Morgan fingerprint density at radius 3 is 2.67 bits per heavy atom. The van der Waals surface area contributed by atoms with Crippen LogP contribution in [0.1, 0.15) is 19.4 Å². The van der Waals surface area contributed by atoms with Gasteiger partial charge >= 0.3 is 0 Å². The average Bonchev–Trinajstić information content (AvgIpc) is 2.28. The lowest BCUT2D eigenvalue weighted by Crippen LogP contribution is -2.33. The van der Waals surface area contributed by atoms with Crippen molar-refractivity contribution in [3.05, 3.63) is 23.8 Å². The van der Waals surface area contributed by atoms with Crippen LogP contribution in [-0.2, 0) is 10.4 Å². The van der Waals surface area contributed by atoms with Crippen LogP contribution in [-0.4, -0.2) is 31.7 Å². The van der Waals surface area contributed by atoms with E-state index in [1.54, 1.807) is 32.2 Å². The molecule has 0 aliphatic carbocycles. The number of ether oxygens (including phenoxy) is 1. The quantitative estimate of drug-likeness (QED) is 0.733. The molecule has 0 radical (unpaired) electrons. The molecule has 5 heteroatoms. The lowest BCUT2D eigenvalue weighted by Gasteiger charge is -2.24. The Bertz CT molecular complexity index is 430. The average molecular weight is 252 g/mol. The molecule has 0 saturated heterocycles. The van der Waals surface area contributed by atoms with E-state index in [2.05, 4.69) is 10.6 Å². The molecule has 5 nitrogen and oxygen atoms in total. The third-order valence-corrected chi connectivity index (χ3v) is 2.65. The second-order valence-corrected chi connectivity index (χ2v) is 4.40. The highest BCUT2D eigenvalue weighted by Crippen LogP contribution is 2.30. The molecule has 1 amide bonds. The van der Waals surface area contributed by atoms with Gasteiger partial charge in [0.1, 0.15) is 5.75 Å². The van der Waals surface area contributed by atoms with Gasteiger partial charge in [-0.3, -0.25) is 4.79 Å². The van der Waals surface area contributed by atoms with E-state index >= 15 is 0 Å². The molecule has 0 spiro atoms. The van der Waals surface area contributed by atoms with Gasteiger partial charge in [-0.2, -0.15) is 0 Å². The van der Waals surface area contributed by atoms with Crippen LogP contribution in [0.5, 0.6) is 5.75 Å². The maximum Gasteiger partial charge on any atom is 0.221 e. The van der Waals surface area contributed by atoms with Crippen molar-refractivity contribution in [2.45, 2.75) is 19.4 Å². The number of aliphatic hydroxyl groups is 1. The van der Waals surface area contributed by atoms with Crippen molar-refractivity contribution in [2.24, 2.45) is 0 Å². The molecule has 0 aliphatic heterocycles. The van der Waals surface area contributed by atoms with Crippen molar-refractivity contribution >= 4 is 11.6 Å². The lowest BCUT2D eigenvalue weighted by atomic mass is 9.95. The van der Waals surface area contributed by atoms with Gasteiger partial charge in [-0.25, -0.2) is 0 Å². The fourth-order valence-electron chi connectivity index (χ4n) is 1.78. The highest BCUT2D eigenvalue weighted by Gasteiger charge is 2.23. The van der Waals surface area contributed by atoms with Gasteiger partial charge in [-0.05, 0) is 31.7 Å². The Kier molecular flexibility index (Phi) is 4.69. The highest BCUT2D eigenvalue weighted by molar-refractivity contribution is 5.90. The summed E-state index contributed by atoms with van der Waals surface area (Å²) in [5.74, 6) is 0.382. The molecule has 0 fully saturated rings. The summed E-state index contributed by atoms with van der Waals surface area (Å²) >= 11 is 0. The fraction of sp³-hybridized carbons (Fsp3) is 0.462. The van der Waals surface area contributed by atoms with Crippen molar-refractivity contribution in [3.63, 3.8) is 0 Å². The zero-order valence-electron chi connectivity index (χ0n) is 11.2. The number of hydrogen-bond acceptors (Lipinski definition) is 4. The van der Waals surface area contributed by atoms with Gasteiger partial charge in [0.2, 0.25) is 5.91 Å². The van der Waals surface area contributed by atoms with Gasteiger partial charge in [0.05, 0.1) is 18.4 Å². The molecule has 1 unspecified atom stereocenters. The molecule has 0 aliphatic rings. The van der Waals surface area contributed by atoms with Crippen LogP contribution in [0.25, 0.3) is 0 Å². The van der Waals surface area contributed by atoms with Crippen LogP contribution in [0.15, 0.2) is 18.2 Å². The minimum atomic E-state index is -1.01. The first kappa shape index (κ1) is 14.5. The SMILES string of the molecule is CNCC(C)(O)c1ccc(OC)c(NC(C)=O)c1. The molecular weight excluding hydrogens is 232 g/mol. The first-order chi connectivity index (χ1) is 8.40. The summed E-state index contributed by atoms with van der Waals surface area (Å²) in [6, 6.07) is 5.23. The lowest BCUT2D eigenvalue weighted by molar-refractivity contribution is -0.114. The number of carbonyl (C=O) groups is 1. The van der Waals surface area contributed by atoms with E-state index in [4.69, 9.17) is 4.74 Å². The molecule has 100 valence electrons. The molecule has 3 N–H and O–H groups in total. The number of anilines is 1. The van der Waals surface area contributed by atoms with Crippen LogP contribution in [0.2, 0.25) is 0 Å². The minimum absolute atomic E-state index is 0.182. The van der Waals surface area contributed by atoms with Crippen LogP contribution >= 0.6 is 0 Å². The van der Waals surface area contributed by atoms with E-state index in [9.17, 15) is 9.90 Å². The van der Waals surface area contributed by atoms with Crippen molar-refractivity contribution in [1.29, 1.82) is 0 Å².